The fraction of sp³-hybridized carbons (Fsp3) is 0.348. The van der Waals surface area contributed by atoms with E-state index >= 15 is 0 Å². The number of aliphatic imine (C=N–C) groups is 1. The van der Waals surface area contributed by atoms with E-state index in [1.54, 1.807) is 31.2 Å². The molecule has 32 heavy (non-hydrogen) atoms. The topological polar surface area (TPSA) is 113 Å². The maximum absolute atomic E-state index is 13.0. The lowest BCUT2D eigenvalue weighted by Crippen LogP contribution is -2.39. The van der Waals surface area contributed by atoms with Crippen LogP contribution in [0.4, 0.5) is 11.4 Å². The zero-order chi connectivity index (χ0) is 22.7. The van der Waals surface area contributed by atoms with Gasteiger partial charge in [-0.1, -0.05) is 6.07 Å². The Hall–Kier alpha value is -3.75. The predicted molar refractivity (Wildman–Crippen MR) is 120 cm³/mol. The van der Waals surface area contributed by atoms with Crippen LogP contribution in [0.25, 0.3) is 0 Å². The molecule has 0 aliphatic carbocycles. The molecule has 3 heterocycles. The van der Waals surface area contributed by atoms with E-state index in [0.717, 1.165) is 19.3 Å². The Labute approximate surface area is 185 Å². The maximum atomic E-state index is 13.0. The highest BCUT2D eigenvalue weighted by Gasteiger charge is 2.35. The average molecular weight is 435 g/mol. The van der Waals surface area contributed by atoms with Gasteiger partial charge in [0.2, 0.25) is 5.96 Å². The van der Waals surface area contributed by atoms with Gasteiger partial charge in [-0.3, -0.25) is 9.59 Å². The summed E-state index contributed by atoms with van der Waals surface area (Å²) in [5, 5.41) is 6.05. The normalized spacial score (nSPS) is 20.1. The zero-order valence-corrected chi connectivity index (χ0v) is 18.1. The van der Waals surface area contributed by atoms with Crippen LogP contribution in [0.5, 0.6) is 0 Å². The third-order valence-corrected chi connectivity index (χ3v) is 5.46. The Morgan fingerprint density at radius 2 is 2.03 bits per heavy atom. The smallest absolute Gasteiger partial charge is 0.359 e. The Kier molecular flexibility index (Phi) is 6.16. The number of guanidine groups is 1. The Balaban J connectivity index is 1.79. The molecule has 1 atom stereocenters. The third-order valence-electron chi connectivity index (χ3n) is 5.46. The number of carbonyl (C=O) groups is 3. The molecule has 0 saturated heterocycles. The van der Waals surface area contributed by atoms with Crippen molar-refractivity contribution in [3.8, 4) is 0 Å². The van der Waals surface area contributed by atoms with Crippen molar-refractivity contribution in [3.63, 3.8) is 0 Å². The van der Waals surface area contributed by atoms with Crippen molar-refractivity contribution in [3.05, 3.63) is 53.3 Å². The third kappa shape index (κ3) is 4.18. The number of amides is 2. The molecule has 9 nitrogen and oxygen atoms in total. The molecule has 2 aromatic rings. The molecule has 4 rings (SSSR count). The van der Waals surface area contributed by atoms with Gasteiger partial charge in [0.15, 0.2) is 5.69 Å². The standard InChI is InChI=1S/C23H25N5O4/c1-3-32-22(31)18-19-17(10-12-24-18)26-23-27-21(30)16-9-6-8-15(13-16)20(29)25-11-5-4-7-14(2)28(19)23/h6,8-10,12-14H,3-5,7,11H2,1-2H3,(H,25,29)(H,26,27,30)/t14-/m0/s1. The molecule has 0 spiro atoms. The summed E-state index contributed by atoms with van der Waals surface area (Å²) in [5.74, 6) is -0.908. The zero-order valence-electron chi connectivity index (χ0n) is 18.1. The van der Waals surface area contributed by atoms with Crippen LogP contribution in [-0.4, -0.2) is 47.9 Å². The molecule has 9 heteroatoms. The molecule has 2 amide bonds. The molecule has 2 bridgehead atoms. The van der Waals surface area contributed by atoms with E-state index in [2.05, 4.69) is 20.6 Å². The first-order valence-corrected chi connectivity index (χ1v) is 10.7. The van der Waals surface area contributed by atoms with E-state index < -0.39 is 11.9 Å². The van der Waals surface area contributed by atoms with Gasteiger partial charge in [0.1, 0.15) is 5.69 Å². The van der Waals surface area contributed by atoms with E-state index in [4.69, 9.17) is 4.74 Å². The van der Waals surface area contributed by atoms with Crippen molar-refractivity contribution in [2.24, 2.45) is 4.99 Å². The van der Waals surface area contributed by atoms with Crippen LogP contribution in [-0.2, 0) is 4.74 Å². The summed E-state index contributed by atoms with van der Waals surface area (Å²) in [7, 11) is 0. The number of fused-ring (bicyclic) bond motifs is 5. The summed E-state index contributed by atoms with van der Waals surface area (Å²) in [5.41, 5.74) is 2.08. The number of carbonyl (C=O) groups excluding carboxylic acids is 3. The number of nitrogens with zero attached hydrogens (tertiary/aromatic N) is 3. The van der Waals surface area contributed by atoms with Crippen LogP contribution in [0, 0.1) is 0 Å². The summed E-state index contributed by atoms with van der Waals surface area (Å²) >= 11 is 0. The highest BCUT2D eigenvalue weighted by atomic mass is 16.5. The minimum absolute atomic E-state index is 0.0855. The lowest BCUT2D eigenvalue weighted by atomic mass is 10.1. The number of aromatic nitrogens is 1. The number of benzene rings is 1. The molecule has 0 unspecified atom stereocenters. The van der Waals surface area contributed by atoms with Crippen molar-refractivity contribution in [1.82, 2.24) is 10.3 Å². The largest absolute Gasteiger partial charge is 0.461 e. The first-order valence-electron chi connectivity index (χ1n) is 10.7. The molecule has 2 aliphatic heterocycles. The number of anilines is 2. The fourth-order valence-corrected chi connectivity index (χ4v) is 3.90. The summed E-state index contributed by atoms with van der Waals surface area (Å²) in [6.45, 7) is 4.51. The van der Waals surface area contributed by atoms with Crippen molar-refractivity contribution < 1.29 is 19.1 Å². The van der Waals surface area contributed by atoms with Gasteiger partial charge in [0, 0.05) is 29.9 Å². The van der Waals surface area contributed by atoms with Gasteiger partial charge < -0.3 is 20.3 Å². The summed E-state index contributed by atoms with van der Waals surface area (Å²) < 4.78 is 5.19. The summed E-state index contributed by atoms with van der Waals surface area (Å²) in [6.07, 6.45) is 3.91. The SMILES string of the molecule is CCOC(=O)c1nccc2c1N1/C(=N/C(=O)c3cccc(c3)C(=O)NCCCC[C@@H]1C)N2. The molecule has 0 saturated carbocycles. The van der Waals surface area contributed by atoms with Crippen LogP contribution in [0.1, 0.15) is 64.3 Å². The molecule has 0 fully saturated rings. The van der Waals surface area contributed by atoms with Crippen LogP contribution in [0.3, 0.4) is 0 Å². The number of rotatable bonds is 2. The molecular weight excluding hydrogens is 410 g/mol. The second-order valence-corrected chi connectivity index (χ2v) is 7.69. The molecule has 2 N–H and O–H groups in total. The number of ether oxygens (including phenoxy) is 1. The van der Waals surface area contributed by atoms with Crippen LogP contribution in [0.2, 0.25) is 0 Å². The lowest BCUT2D eigenvalue weighted by molar-refractivity contribution is 0.0520. The average Bonchev–Trinajstić information content (AvgIpc) is 3.16. The fourth-order valence-electron chi connectivity index (χ4n) is 3.90. The molecule has 0 radical (unpaired) electrons. The Bertz CT molecular complexity index is 1100. The minimum Gasteiger partial charge on any atom is -0.461 e. The first kappa shape index (κ1) is 21.5. The van der Waals surface area contributed by atoms with E-state index in [0.29, 0.717) is 35.0 Å². The summed E-state index contributed by atoms with van der Waals surface area (Å²) in [4.78, 5) is 48.4. The number of nitrogens with one attached hydrogen (secondary N) is 2. The second-order valence-electron chi connectivity index (χ2n) is 7.69. The summed E-state index contributed by atoms with van der Waals surface area (Å²) in [6, 6.07) is 8.14. The number of esters is 1. The number of pyridine rings is 1. The molecule has 2 aliphatic rings. The molecule has 1 aromatic carbocycles. The van der Waals surface area contributed by atoms with Crippen molar-refractivity contribution in [2.75, 3.05) is 23.4 Å². The minimum atomic E-state index is -0.527. The van der Waals surface area contributed by atoms with Crippen LogP contribution < -0.4 is 15.5 Å². The number of hydrogen-bond donors (Lipinski definition) is 2. The van der Waals surface area contributed by atoms with Crippen LogP contribution >= 0.6 is 0 Å². The molecule has 1 aromatic heterocycles. The molecular formula is C23H25N5O4. The van der Waals surface area contributed by atoms with Gasteiger partial charge in [-0.15, -0.1) is 0 Å². The lowest BCUT2D eigenvalue weighted by Gasteiger charge is -2.27. The monoisotopic (exact) mass is 435 g/mol. The predicted octanol–water partition coefficient (Wildman–Crippen LogP) is 2.99. The Morgan fingerprint density at radius 1 is 1.22 bits per heavy atom. The first-order chi connectivity index (χ1) is 15.5. The highest BCUT2D eigenvalue weighted by molar-refractivity contribution is 6.21. The van der Waals surface area contributed by atoms with Gasteiger partial charge in [0.05, 0.1) is 12.3 Å². The van der Waals surface area contributed by atoms with Gasteiger partial charge in [-0.25, -0.2) is 9.78 Å². The van der Waals surface area contributed by atoms with Crippen LogP contribution in [0.15, 0.2) is 41.5 Å². The van der Waals surface area contributed by atoms with Crippen molar-refractivity contribution in [1.29, 1.82) is 0 Å². The maximum Gasteiger partial charge on any atom is 0.359 e. The van der Waals surface area contributed by atoms with E-state index in [1.165, 1.54) is 12.3 Å². The second kappa shape index (κ2) is 9.17. The van der Waals surface area contributed by atoms with E-state index in [1.807, 2.05) is 11.8 Å². The van der Waals surface area contributed by atoms with Crippen molar-refractivity contribution >= 4 is 35.1 Å². The van der Waals surface area contributed by atoms with Crippen molar-refractivity contribution in [2.45, 2.75) is 39.2 Å². The van der Waals surface area contributed by atoms with E-state index in [9.17, 15) is 14.4 Å². The molecule has 166 valence electrons. The van der Waals surface area contributed by atoms with Gasteiger partial charge in [0.25, 0.3) is 11.8 Å². The van der Waals surface area contributed by atoms with E-state index in [-0.39, 0.29) is 24.2 Å². The van der Waals surface area contributed by atoms with Gasteiger partial charge in [-0.2, -0.15) is 4.99 Å². The Morgan fingerprint density at radius 3 is 2.84 bits per heavy atom. The highest BCUT2D eigenvalue weighted by Crippen LogP contribution is 2.37. The van der Waals surface area contributed by atoms with Gasteiger partial charge >= 0.3 is 5.97 Å². The number of hydrogen-bond acceptors (Lipinski definition) is 7. The van der Waals surface area contributed by atoms with Gasteiger partial charge in [-0.05, 0) is 57.4 Å². The quantitative estimate of drug-likeness (QED) is 0.697.